The van der Waals surface area contributed by atoms with Crippen LogP contribution < -0.4 is 5.32 Å². The highest BCUT2D eigenvalue weighted by molar-refractivity contribution is 8.25. The molecule has 2 fully saturated rings. The molecule has 1 amide bonds. The highest BCUT2D eigenvalue weighted by Crippen LogP contribution is 2.57. The summed E-state index contributed by atoms with van der Waals surface area (Å²) in [7, 11) is -2.60. The molecule has 0 spiro atoms. The number of hydrogen-bond acceptors (Lipinski definition) is 9. The molecule has 2 aliphatic heterocycles. The molecular formula is C22H30N8O3S. The molecule has 182 valence electrons. The molecule has 3 N–H and O–H groups in total. The normalized spacial score (nSPS) is 23.1. The van der Waals surface area contributed by atoms with E-state index in [2.05, 4.69) is 25.3 Å². The van der Waals surface area contributed by atoms with E-state index < -0.39 is 16.6 Å². The molecule has 34 heavy (non-hydrogen) atoms. The van der Waals surface area contributed by atoms with Gasteiger partial charge in [0.15, 0.2) is 17.0 Å². The van der Waals surface area contributed by atoms with Crippen molar-refractivity contribution in [2.75, 3.05) is 24.2 Å². The average Bonchev–Trinajstić information content (AvgIpc) is 3.50. The Morgan fingerprint density at radius 3 is 2.65 bits per heavy atom. The lowest BCUT2D eigenvalue weighted by Gasteiger charge is -2.34. The number of fused-ring (bicyclic) bond motifs is 2. The maximum Gasteiger partial charge on any atom is 0.245 e. The Kier molecular flexibility index (Phi) is 5.90. The fourth-order valence-corrected chi connectivity index (χ4v) is 7.21. The van der Waals surface area contributed by atoms with E-state index in [4.69, 9.17) is 4.98 Å². The van der Waals surface area contributed by atoms with E-state index >= 15 is 0 Å². The number of carbonyl (C=O) groups is 1. The summed E-state index contributed by atoms with van der Waals surface area (Å²) in [4.78, 5) is 37.4. The lowest BCUT2D eigenvalue weighted by atomic mass is 10.1. The second-order valence-corrected chi connectivity index (χ2v) is 11.4. The summed E-state index contributed by atoms with van der Waals surface area (Å²) in [6.45, 7) is 7.40. The first kappa shape index (κ1) is 22.9. The SMILES string of the molecule is CC[C@H](Nc1ncnc2c1nc(-c1cnc(C)nc1)n2CC)C(=O)N1C[C@@H]2CCS(O)(O)[C@@H]2C1. The first-order valence-corrected chi connectivity index (χ1v) is 13.4. The van der Waals surface area contributed by atoms with Crippen molar-refractivity contribution >= 4 is 33.5 Å². The number of nitrogens with one attached hydrogen (secondary N) is 1. The molecule has 12 heteroatoms. The van der Waals surface area contributed by atoms with E-state index in [-0.39, 0.29) is 17.1 Å². The zero-order chi connectivity index (χ0) is 24.0. The first-order chi connectivity index (χ1) is 16.3. The van der Waals surface area contributed by atoms with Crippen molar-refractivity contribution in [1.29, 1.82) is 0 Å². The van der Waals surface area contributed by atoms with Crippen LogP contribution >= 0.6 is 10.6 Å². The number of imidazole rings is 1. The molecule has 5 heterocycles. The van der Waals surface area contributed by atoms with Crippen molar-refractivity contribution in [3.05, 3.63) is 24.5 Å². The lowest BCUT2D eigenvalue weighted by Crippen LogP contribution is -2.42. The van der Waals surface area contributed by atoms with Gasteiger partial charge in [-0.05, 0) is 32.6 Å². The summed E-state index contributed by atoms with van der Waals surface area (Å²) < 4.78 is 22.6. The molecule has 0 bridgehead atoms. The molecule has 11 nitrogen and oxygen atoms in total. The van der Waals surface area contributed by atoms with E-state index in [1.165, 1.54) is 6.33 Å². The van der Waals surface area contributed by atoms with Crippen molar-refractivity contribution in [3.8, 4) is 11.4 Å². The molecule has 0 radical (unpaired) electrons. The Balaban J connectivity index is 1.42. The van der Waals surface area contributed by atoms with Gasteiger partial charge in [0.2, 0.25) is 5.91 Å². The smallest absolute Gasteiger partial charge is 0.245 e. The molecule has 0 aliphatic carbocycles. The number of carbonyl (C=O) groups excluding carboxylic acids is 1. The molecular weight excluding hydrogens is 456 g/mol. The standard InChI is InChI=1S/C22H30N8O3S/c1-4-16(22(31)29-10-14-6-7-34(32,33)17(14)11-29)27-19-18-21(26-12-25-19)30(5-2)20(28-18)15-8-23-13(3)24-9-15/h8-9,12,14,16-17,32-33H,4-7,10-11H2,1-3H3,(H,25,26,27)/t14-,16-,17+/m0/s1. The van der Waals surface area contributed by atoms with Crippen LogP contribution in [0.2, 0.25) is 0 Å². The molecule has 5 rings (SSSR count). The Labute approximate surface area is 199 Å². The third kappa shape index (κ3) is 3.89. The highest BCUT2D eigenvalue weighted by Gasteiger charge is 2.48. The number of anilines is 1. The third-order valence-corrected chi connectivity index (χ3v) is 9.21. The van der Waals surface area contributed by atoms with Gasteiger partial charge >= 0.3 is 0 Å². The number of aromatic nitrogens is 6. The maximum atomic E-state index is 13.4. The lowest BCUT2D eigenvalue weighted by molar-refractivity contribution is -0.131. The molecule has 0 saturated carbocycles. The van der Waals surface area contributed by atoms with Gasteiger partial charge in [0.25, 0.3) is 0 Å². The van der Waals surface area contributed by atoms with E-state index in [0.29, 0.717) is 60.4 Å². The van der Waals surface area contributed by atoms with Crippen LogP contribution in [0.3, 0.4) is 0 Å². The molecule has 3 atom stereocenters. The second kappa shape index (κ2) is 8.75. The van der Waals surface area contributed by atoms with Crippen molar-refractivity contribution in [2.24, 2.45) is 5.92 Å². The van der Waals surface area contributed by atoms with Gasteiger partial charge < -0.3 is 14.8 Å². The van der Waals surface area contributed by atoms with E-state index in [1.54, 1.807) is 17.3 Å². The van der Waals surface area contributed by atoms with Crippen LogP contribution in [0.4, 0.5) is 5.82 Å². The summed E-state index contributed by atoms with van der Waals surface area (Å²) in [6.07, 6.45) is 6.26. The fraction of sp³-hybridized carbons (Fsp3) is 0.545. The molecule has 2 saturated heterocycles. The van der Waals surface area contributed by atoms with Crippen LogP contribution in [0.15, 0.2) is 18.7 Å². The monoisotopic (exact) mass is 486 g/mol. The molecule has 0 aromatic carbocycles. The van der Waals surface area contributed by atoms with Gasteiger partial charge in [0.1, 0.15) is 24.0 Å². The summed E-state index contributed by atoms with van der Waals surface area (Å²) >= 11 is 0. The summed E-state index contributed by atoms with van der Waals surface area (Å²) in [6, 6.07) is -0.503. The minimum absolute atomic E-state index is 0.0547. The third-order valence-electron chi connectivity index (χ3n) is 6.87. The van der Waals surface area contributed by atoms with Crippen LogP contribution in [0, 0.1) is 12.8 Å². The van der Waals surface area contributed by atoms with Crippen LogP contribution in [0.5, 0.6) is 0 Å². The number of rotatable bonds is 6. The van der Waals surface area contributed by atoms with Gasteiger partial charge in [-0.2, -0.15) is 10.6 Å². The minimum Gasteiger partial charge on any atom is -0.356 e. The predicted molar refractivity (Wildman–Crippen MR) is 131 cm³/mol. The maximum absolute atomic E-state index is 13.4. The van der Waals surface area contributed by atoms with Crippen molar-refractivity contribution in [2.45, 2.75) is 51.4 Å². The molecule has 2 aliphatic rings. The molecule has 3 aromatic heterocycles. The van der Waals surface area contributed by atoms with Crippen LogP contribution in [-0.2, 0) is 11.3 Å². The van der Waals surface area contributed by atoms with E-state index in [0.717, 1.165) is 12.0 Å². The van der Waals surface area contributed by atoms with Gasteiger partial charge in [-0.15, -0.1) is 0 Å². The average molecular weight is 487 g/mol. The number of nitrogens with zero attached hydrogens (tertiary/aromatic N) is 7. The fourth-order valence-electron chi connectivity index (χ4n) is 5.00. The van der Waals surface area contributed by atoms with Gasteiger partial charge in [0.05, 0.1) is 10.8 Å². The highest BCUT2D eigenvalue weighted by atomic mass is 32.3. The van der Waals surface area contributed by atoms with Gasteiger partial charge in [0, 0.05) is 37.8 Å². The Morgan fingerprint density at radius 2 is 1.97 bits per heavy atom. The van der Waals surface area contributed by atoms with Crippen molar-refractivity contribution < 1.29 is 13.9 Å². The summed E-state index contributed by atoms with van der Waals surface area (Å²) in [5.74, 6) is 2.43. The van der Waals surface area contributed by atoms with E-state index in [1.807, 2.05) is 25.3 Å². The zero-order valence-corrected chi connectivity index (χ0v) is 20.4. The largest absolute Gasteiger partial charge is 0.356 e. The van der Waals surface area contributed by atoms with Gasteiger partial charge in [-0.1, -0.05) is 6.92 Å². The summed E-state index contributed by atoms with van der Waals surface area (Å²) in [5, 5.41) is 3.08. The Morgan fingerprint density at radius 1 is 1.21 bits per heavy atom. The van der Waals surface area contributed by atoms with Crippen LogP contribution in [0.25, 0.3) is 22.6 Å². The first-order valence-electron chi connectivity index (χ1n) is 11.6. The van der Waals surface area contributed by atoms with E-state index in [9.17, 15) is 13.9 Å². The molecule has 0 unspecified atom stereocenters. The summed E-state index contributed by atoms with van der Waals surface area (Å²) in [5.41, 5.74) is 2.03. The van der Waals surface area contributed by atoms with Crippen molar-refractivity contribution in [3.63, 3.8) is 0 Å². The number of likely N-dealkylation sites (tertiary alicyclic amines) is 1. The Bertz CT molecular complexity index is 1210. The minimum atomic E-state index is -2.60. The van der Waals surface area contributed by atoms with Gasteiger partial charge in [-0.3, -0.25) is 13.9 Å². The second-order valence-electron chi connectivity index (χ2n) is 8.95. The number of amides is 1. The quantitative estimate of drug-likeness (QED) is 0.479. The topological polar surface area (TPSA) is 142 Å². The Hall–Kier alpha value is -2.83. The van der Waals surface area contributed by atoms with Crippen LogP contribution in [-0.4, -0.2) is 79.5 Å². The molecule has 3 aromatic rings. The van der Waals surface area contributed by atoms with Crippen molar-refractivity contribution in [1.82, 2.24) is 34.4 Å². The van der Waals surface area contributed by atoms with Crippen LogP contribution in [0.1, 0.15) is 32.5 Å². The number of hydrogen-bond donors (Lipinski definition) is 3. The predicted octanol–water partition coefficient (Wildman–Crippen LogP) is 2.78. The zero-order valence-electron chi connectivity index (χ0n) is 19.5. The van der Waals surface area contributed by atoms with Gasteiger partial charge in [-0.25, -0.2) is 24.9 Å². The number of aryl methyl sites for hydroxylation is 2.